The summed E-state index contributed by atoms with van der Waals surface area (Å²) in [7, 11) is 0. The molecule has 4 rings (SSSR count). The van der Waals surface area contributed by atoms with Crippen LogP contribution in [-0.4, -0.2) is 36.9 Å². The fourth-order valence-corrected chi connectivity index (χ4v) is 3.70. The number of likely N-dealkylation sites (tertiary alicyclic amines) is 1. The minimum atomic E-state index is -0.190. The van der Waals surface area contributed by atoms with Crippen molar-refractivity contribution >= 4 is 11.7 Å². The van der Waals surface area contributed by atoms with Gasteiger partial charge in [0.05, 0.1) is 11.7 Å². The topological polar surface area (TPSA) is 96.5 Å². The number of imidazole rings is 1. The molecule has 1 amide bonds. The third kappa shape index (κ3) is 2.61. The van der Waals surface area contributed by atoms with E-state index in [-0.39, 0.29) is 17.5 Å². The lowest BCUT2D eigenvalue weighted by atomic mass is 9.97. The van der Waals surface area contributed by atoms with E-state index in [9.17, 15) is 9.59 Å². The summed E-state index contributed by atoms with van der Waals surface area (Å²) < 4.78 is 6.69. The zero-order chi connectivity index (χ0) is 18.3. The van der Waals surface area contributed by atoms with Gasteiger partial charge < -0.3 is 14.4 Å². The summed E-state index contributed by atoms with van der Waals surface area (Å²) in [5.41, 5.74) is 1.78. The van der Waals surface area contributed by atoms with Gasteiger partial charge in [-0.3, -0.25) is 14.0 Å². The molecule has 1 aliphatic heterocycles. The lowest BCUT2D eigenvalue weighted by molar-refractivity contribution is 0.0603. The van der Waals surface area contributed by atoms with Crippen molar-refractivity contribution < 1.29 is 9.32 Å². The van der Waals surface area contributed by atoms with Crippen LogP contribution < -0.4 is 5.56 Å². The van der Waals surface area contributed by atoms with E-state index >= 15 is 0 Å². The van der Waals surface area contributed by atoms with Crippen LogP contribution in [0, 0.1) is 6.92 Å². The predicted octanol–water partition coefficient (Wildman–Crippen LogP) is 2.25. The van der Waals surface area contributed by atoms with Crippen LogP contribution >= 0.6 is 0 Å². The van der Waals surface area contributed by atoms with E-state index in [4.69, 9.17) is 4.52 Å². The average Bonchev–Trinajstić information content (AvgIpc) is 3.27. The minimum absolute atomic E-state index is 0.0886. The van der Waals surface area contributed by atoms with Gasteiger partial charge in [0.15, 0.2) is 0 Å². The molecule has 0 unspecified atom stereocenters. The van der Waals surface area contributed by atoms with Crippen molar-refractivity contribution in [3.63, 3.8) is 0 Å². The van der Waals surface area contributed by atoms with Crippen LogP contribution in [-0.2, 0) is 6.42 Å². The molecule has 8 heteroatoms. The summed E-state index contributed by atoms with van der Waals surface area (Å²) in [5.74, 6) is 0.934. The fraction of sp³-hybridized carbons (Fsp3) is 0.444. The number of aromatic nitrogens is 4. The zero-order valence-electron chi connectivity index (χ0n) is 14.9. The summed E-state index contributed by atoms with van der Waals surface area (Å²) in [4.78, 5) is 34.8. The number of carbonyl (C=O) groups excluding carboxylic acids is 1. The summed E-state index contributed by atoms with van der Waals surface area (Å²) in [6.45, 7) is 4.35. The van der Waals surface area contributed by atoms with Gasteiger partial charge in [-0.2, -0.15) is 0 Å². The monoisotopic (exact) mass is 355 g/mol. The van der Waals surface area contributed by atoms with Crippen LogP contribution in [0.5, 0.6) is 0 Å². The Morgan fingerprint density at radius 2 is 2.27 bits per heavy atom. The highest BCUT2D eigenvalue weighted by Crippen LogP contribution is 2.32. The Morgan fingerprint density at radius 1 is 1.42 bits per heavy atom. The Bertz CT molecular complexity index is 1020. The molecule has 0 bridgehead atoms. The SMILES string of the molecule is CCc1noc(C)c1C(=O)N1CCCC[C@@H]1c1cc(=O)n2ccnc2[nH]1. The van der Waals surface area contributed by atoms with Crippen molar-refractivity contribution in [1.82, 2.24) is 24.4 Å². The van der Waals surface area contributed by atoms with Crippen LogP contribution in [0.15, 0.2) is 27.8 Å². The normalized spacial score (nSPS) is 17.8. The first-order chi connectivity index (χ1) is 12.6. The summed E-state index contributed by atoms with van der Waals surface area (Å²) in [6.07, 6.45) is 6.56. The second kappa shape index (κ2) is 6.44. The Morgan fingerprint density at radius 3 is 3.08 bits per heavy atom. The molecule has 1 fully saturated rings. The van der Waals surface area contributed by atoms with Gasteiger partial charge in [-0.05, 0) is 32.6 Å². The lowest BCUT2D eigenvalue weighted by Gasteiger charge is -2.35. The smallest absolute Gasteiger partial charge is 0.259 e. The number of rotatable bonds is 3. The number of hydrogen-bond donors (Lipinski definition) is 1. The standard InChI is InChI=1S/C18H21N5O3/c1-3-12-16(11(2)26-21-12)17(25)22-8-5-4-6-14(22)13-10-15(24)23-9-7-19-18(23)20-13/h7,9-10,14H,3-6,8H2,1-2H3,(H,19,20)/t14-/m1/s1. The van der Waals surface area contributed by atoms with E-state index in [1.165, 1.54) is 4.40 Å². The highest BCUT2D eigenvalue weighted by Gasteiger charge is 2.33. The van der Waals surface area contributed by atoms with Crippen molar-refractivity contribution in [2.75, 3.05) is 6.54 Å². The number of aromatic amines is 1. The molecule has 4 heterocycles. The van der Waals surface area contributed by atoms with Gasteiger partial charge in [0.1, 0.15) is 11.3 Å². The van der Waals surface area contributed by atoms with Crippen LogP contribution in [0.4, 0.5) is 0 Å². The third-order valence-electron chi connectivity index (χ3n) is 5.02. The molecule has 3 aromatic heterocycles. The van der Waals surface area contributed by atoms with Gasteiger partial charge in [-0.25, -0.2) is 4.98 Å². The molecule has 0 aromatic carbocycles. The van der Waals surface area contributed by atoms with Gasteiger partial charge >= 0.3 is 0 Å². The van der Waals surface area contributed by atoms with Gasteiger partial charge in [0.2, 0.25) is 5.78 Å². The first-order valence-electron chi connectivity index (χ1n) is 8.92. The Balaban J connectivity index is 1.75. The molecule has 1 saturated heterocycles. The van der Waals surface area contributed by atoms with Crippen LogP contribution in [0.2, 0.25) is 0 Å². The first kappa shape index (κ1) is 16.6. The van der Waals surface area contributed by atoms with Crippen LogP contribution in [0.25, 0.3) is 5.78 Å². The van der Waals surface area contributed by atoms with E-state index in [0.717, 1.165) is 19.3 Å². The molecular weight excluding hydrogens is 334 g/mol. The molecule has 0 radical (unpaired) electrons. The van der Waals surface area contributed by atoms with Crippen LogP contribution in [0.1, 0.15) is 59.7 Å². The molecule has 0 spiro atoms. The number of piperidine rings is 1. The maximum Gasteiger partial charge on any atom is 0.259 e. The van der Waals surface area contributed by atoms with Crippen molar-refractivity contribution in [2.24, 2.45) is 0 Å². The highest BCUT2D eigenvalue weighted by atomic mass is 16.5. The molecule has 0 aliphatic carbocycles. The molecule has 3 aromatic rings. The van der Waals surface area contributed by atoms with Crippen molar-refractivity contribution in [2.45, 2.75) is 45.6 Å². The lowest BCUT2D eigenvalue weighted by Crippen LogP contribution is -2.40. The molecule has 1 aliphatic rings. The number of nitrogens with one attached hydrogen (secondary N) is 1. The zero-order valence-corrected chi connectivity index (χ0v) is 14.9. The number of nitrogens with zero attached hydrogens (tertiary/aromatic N) is 4. The van der Waals surface area contributed by atoms with Gasteiger partial charge in [0, 0.05) is 30.7 Å². The van der Waals surface area contributed by atoms with Crippen LogP contribution in [0.3, 0.4) is 0 Å². The predicted molar refractivity (Wildman–Crippen MR) is 94.1 cm³/mol. The highest BCUT2D eigenvalue weighted by molar-refractivity contribution is 5.96. The van der Waals surface area contributed by atoms with Crippen molar-refractivity contribution in [3.8, 4) is 0 Å². The third-order valence-corrected chi connectivity index (χ3v) is 5.02. The maximum absolute atomic E-state index is 13.3. The van der Waals surface area contributed by atoms with Gasteiger partial charge in [-0.15, -0.1) is 0 Å². The molecular formula is C18H21N5O3. The number of aryl methyl sites for hydroxylation is 2. The number of amides is 1. The number of hydrogen-bond acceptors (Lipinski definition) is 5. The maximum atomic E-state index is 13.3. The second-order valence-corrected chi connectivity index (χ2v) is 6.61. The average molecular weight is 355 g/mol. The van der Waals surface area contributed by atoms with E-state index in [1.807, 2.05) is 11.8 Å². The number of H-pyrrole nitrogens is 1. The van der Waals surface area contributed by atoms with Crippen molar-refractivity contribution in [3.05, 3.63) is 51.5 Å². The quantitative estimate of drug-likeness (QED) is 0.777. The van der Waals surface area contributed by atoms with E-state index in [2.05, 4.69) is 15.1 Å². The summed E-state index contributed by atoms with van der Waals surface area (Å²) in [5, 5.41) is 4.00. The number of carbonyl (C=O) groups is 1. The Hall–Kier alpha value is -2.90. The number of fused-ring (bicyclic) bond motifs is 1. The molecule has 1 atom stereocenters. The Labute approximate surface area is 149 Å². The molecule has 1 N–H and O–H groups in total. The molecule has 26 heavy (non-hydrogen) atoms. The Kier molecular flexibility index (Phi) is 4.10. The van der Waals surface area contributed by atoms with Crippen molar-refractivity contribution in [1.29, 1.82) is 0 Å². The van der Waals surface area contributed by atoms with E-state index < -0.39 is 0 Å². The van der Waals surface area contributed by atoms with E-state index in [1.54, 1.807) is 25.4 Å². The minimum Gasteiger partial charge on any atom is -0.361 e. The van der Waals surface area contributed by atoms with Gasteiger partial charge in [-0.1, -0.05) is 12.1 Å². The second-order valence-electron chi connectivity index (χ2n) is 6.61. The fourth-order valence-electron chi connectivity index (χ4n) is 3.70. The molecule has 0 saturated carbocycles. The summed E-state index contributed by atoms with van der Waals surface area (Å²) >= 11 is 0. The van der Waals surface area contributed by atoms with E-state index in [0.29, 0.717) is 41.5 Å². The molecule has 8 nitrogen and oxygen atoms in total. The van der Waals surface area contributed by atoms with Gasteiger partial charge in [0.25, 0.3) is 11.5 Å². The first-order valence-corrected chi connectivity index (χ1v) is 8.92. The molecule has 136 valence electrons. The largest absolute Gasteiger partial charge is 0.361 e. The summed E-state index contributed by atoms with van der Waals surface area (Å²) in [6, 6.07) is 1.37.